The largest absolute Gasteiger partial charge is 0.396 e. The summed E-state index contributed by atoms with van der Waals surface area (Å²) in [7, 11) is 0. The fraction of sp³-hybridized carbons (Fsp3) is 1.00. The van der Waals surface area contributed by atoms with E-state index < -0.39 is 0 Å². The Balaban J connectivity index is 1.88. The summed E-state index contributed by atoms with van der Waals surface area (Å²) >= 11 is 3.70. The van der Waals surface area contributed by atoms with E-state index in [1.165, 1.54) is 12.8 Å². The van der Waals surface area contributed by atoms with Crippen LogP contribution in [-0.2, 0) is 4.74 Å². The molecule has 0 aromatic heterocycles. The number of alkyl halides is 1. The molecule has 1 N–H and O–H groups in total. The standard InChI is InChI=1S/C10H15BrO2/c11-8-2-7-5(3-12)1-6-4-13-10(8)9(6)7/h5-10,12H,1-4H2/t5-,6+,7+,8-,9-,10+/m1/s1. The van der Waals surface area contributed by atoms with Crippen molar-refractivity contribution in [3.05, 3.63) is 0 Å². The molecule has 3 rings (SSSR count). The van der Waals surface area contributed by atoms with E-state index in [1.54, 1.807) is 0 Å². The average molecular weight is 247 g/mol. The van der Waals surface area contributed by atoms with Crippen LogP contribution < -0.4 is 0 Å². The third kappa shape index (κ3) is 1.07. The number of rotatable bonds is 1. The Bertz CT molecular complexity index is 221. The Labute approximate surface area is 86.8 Å². The van der Waals surface area contributed by atoms with Gasteiger partial charge in [0, 0.05) is 11.4 Å². The fourth-order valence-electron chi connectivity index (χ4n) is 3.72. The molecular weight excluding hydrogens is 232 g/mol. The smallest absolute Gasteiger partial charge is 0.0734 e. The lowest BCUT2D eigenvalue weighted by atomic mass is 9.91. The average Bonchev–Trinajstić information content (AvgIpc) is 2.70. The Morgan fingerprint density at radius 1 is 1.38 bits per heavy atom. The minimum atomic E-state index is 0.379. The Morgan fingerprint density at radius 2 is 2.23 bits per heavy atom. The molecule has 13 heavy (non-hydrogen) atoms. The predicted octanol–water partition coefficient (Wildman–Crippen LogP) is 1.41. The fourth-order valence-corrected chi connectivity index (χ4v) is 4.66. The third-order valence-electron chi connectivity index (χ3n) is 4.22. The highest BCUT2D eigenvalue weighted by Crippen LogP contribution is 2.56. The highest BCUT2D eigenvalue weighted by atomic mass is 79.9. The quantitative estimate of drug-likeness (QED) is 0.710. The van der Waals surface area contributed by atoms with Crippen molar-refractivity contribution >= 4 is 15.9 Å². The molecule has 1 saturated heterocycles. The van der Waals surface area contributed by atoms with Crippen LogP contribution in [0.5, 0.6) is 0 Å². The lowest BCUT2D eigenvalue weighted by Crippen LogP contribution is -2.20. The summed E-state index contributed by atoms with van der Waals surface area (Å²) in [6.45, 7) is 1.31. The van der Waals surface area contributed by atoms with Crippen LogP contribution in [0.3, 0.4) is 0 Å². The molecule has 6 atom stereocenters. The van der Waals surface area contributed by atoms with Crippen LogP contribution in [0.25, 0.3) is 0 Å². The van der Waals surface area contributed by atoms with E-state index in [0.717, 1.165) is 24.4 Å². The number of halogens is 1. The van der Waals surface area contributed by atoms with Crippen molar-refractivity contribution in [2.45, 2.75) is 23.8 Å². The maximum absolute atomic E-state index is 9.27. The molecule has 2 nitrogen and oxygen atoms in total. The maximum Gasteiger partial charge on any atom is 0.0734 e. The van der Waals surface area contributed by atoms with E-state index in [1.807, 2.05) is 0 Å². The van der Waals surface area contributed by atoms with Gasteiger partial charge in [0.15, 0.2) is 0 Å². The summed E-state index contributed by atoms with van der Waals surface area (Å²) in [5.41, 5.74) is 0. The molecule has 0 radical (unpaired) electrons. The number of hydrogen-bond acceptors (Lipinski definition) is 2. The molecule has 0 bridgehead atoms. The van der Waals surface area contributed by atoms with E-state index in [-0.39, 0.29) is 0 Å². The molecule has 74 valence electrons. The van der Waals surface area contributed by atoms with Crippen molar-refractivity contribution in [1.82, 2.24) is 0 Å². The lowest BCUT2D eigenvalue weighted by Gasteiger charge is -2.15. The molecule has 0 aromatic rings. The molecule has 2 saturated carbocycles. The van der Waals surface area contributed by atoms with Gasteiger partial charge in [-0.1, -0.05) is 15.9 Å². The zero-order valence-corrected chi connectivity index (χ0v) is 9.11. The maximum atomic E-state index is 9.27. The Kier molecular flexibility index (Phi) is 1.97. The second-order valence-electron chi connectivity index (χ2n) is 4.73. The van der Waals surface area contributed by atoms with E-state index in [2.05, 4.69) is 15.9 Å². The monoisotopic (exact) mass is 246 g/mol. The van der Waals surface area contributed by atoms with Crippen LogP contribution in [0.4, 0.5) is 0 Å². The Hall–Kier alpha value is 0.400. The minimum Gasteiger partial charge on any atom is -0.396 e. The van der Waals surface area contributed by atoms with Gasteiger partial charge in [-0.3, -0.25) is 0 Å². The molecule has 0 aromatic carbocycles. The van der Waals surface area contributed by atoms with Crippen LogP contribution in [-0.4, -0.2) is 29.3 Å². The van der Waals surface area contributed by atoms with Gasteiger partial charge in [0.1, 0.15) is 0 Å². The Morgan fingerprint density at radius 3 is 3.00 bits per heavy atom. The van der Waals surface area contributed by atoms with Gasteiger partial charge in [0.05, 0.1) is 12.7 Å². The van der Waals surface area contributed by atoms with E-state index in [0.29, 0.717) is 23.5 Å². The summed E-state index contributed by atoms with van der Waals surface area (Å²) in [6, 6.07) is 0. The second kappa shape index (κ2) is 2.94. The van der Waals surface area contributed by atoms with Gasteiger partial charge in [0.25, 0.3) is 0 Å². The zero-order chi connectivity index (χ0) is 9.00. The van der Waals surface area contributed by atoms with Crippen molar-refractivity contribution in [1.29, 1.82) is 0 Å². The molecule has 0 spiro atoms. The van der Waals surface area contributed by atoms with E-state index in [4.69, 9.17) is 4.74 Å². The van der Waals surface area contributed by atoms with Gasteiger partial charge < -0.3 is 9.84 Å². The number of ether oxygens (including phenoxy) is 1. The number of hydrogen-bond donors (Lipinski definition) is 1. The zero-order valence-electron chi connectivity index (χ0n) is 7.53. The van der Waals surface area contributed by atoms with Crippen molar-refractivity contribution in [2.24, 2.45) is 23.7 Å². The van der Waals surface area contributed by atoms with Gasteiger partial charge in [0.2, 0.25) is 0 Å². The highest BCUT2D eigenvalue weighted by Gasteiger charge is 2.57. The SMILES string of the molecule is OC[C@H]1C[C@H]2CO[C@@H]3[C@H]2[C@H]1C[C@H]3Br. The summed E-state index contributed by atoms with van der Waals surface area (Å²) in [4.78, 5) is 0.543. The van der Waals surface area contributed by atoms with Gasteiger partial charge in [-0.25, -0.2) is 0 Å². The van der Waals surface area contributed by atoms with E-state index >= 15 is 0 Å². The summed E-state index contributed by atoms with van der Waals surface area (Å²) in [5.74, 6) is 2.78. The van der Waals surface area contributed by atoms with Crippen LogP contribution in [0.15, 0.2) is 0 Å². The topological polar surface area (TPSA) is 29.5 Å². The first-order chi connectivity index (χ1) is 6.31. The summed E-state index contributed by atoms with van der Waals surface area (Å²) in [6.07, 6.45) is 2.85. The molecule has 1 heterocycles. The molecule has 2 aliphatic carbocycles. The van der Waals surface area contributed by atoms with Crippen molar-refractivity contribution in [2.75, 3.05) is 13.2 Å². The summed E-state index contributed by atoms with van der Waals surface area (Å²) in [5, 5.41) is 9.27. The van der Waals surface area contributed by atoms with Crippen LogP contribution >= 0.6 is 15.9 Å². The first kappa shape index (κ1) is 8.69. The van der Waals surface area contributed by atoms with Crippen LogP contribution in [0.2, 0.25) is 0 Å². The van der Waals surface area contributed by atoms with Gasteiger partial charge in [-0.05, 0) is 36.5 Å². The lowest BCUT2D eigenvalue weighted by molar-refractivity contribution is 0.0910. The molecule has 0 unspecified atom stereocenters. The number of aliphatic hydroxyl groups is 1. The molecule has 1 aliphatic heterocycles. The third-order valence-corrected chi connectivity index (χ3v) is 5.12. The number of aliphatic hydroxyl groups excluding tert-OH is 1. The molecule has 3 aliphatic rings. The van der Waals surface area contributed by atoms with Crippen LogP contribution in [0.1, 0.15) is 12.8 Å². The highest BCUT2D eigenvalue weighted by molar-refractivity contribution is 9.09. The molecule has 0 amide bonds. The van der Waals surface area contributed by atoms with Crippen molar-refractivity contribution < 1.29 is 9.84 Å². The first-order valence-electron chi connectivity index (χ1n) is 5.17. The van der Waals surface area contributed by atoms with Gasteiger partial charge in [-0.15, -0.1) is 0 Å². The van der Waals surface area contributed by atoms with Crippen LogP contribution in [0, 0.1) is 23.7 Å². The minimum absolute atomic E-state index is 0.379. The van der Waals surface area contributed by atoms with Crippen molar-refractivity contribution in [3.63, 3.8) is 0 Å². The van der Waals surface area contributed by atoms with Gasteiger partial charge >= 0.3 is 0 Å². The van der Waals surface area contributed by atoms with Crippen molar-refractivity contribution in [3.8, 4) is 0 Å². The molecule has 3 heteroatoms. The van der Waals surface area contributed by atoms with E-state index in [9.17, 15) is 5.11 Å². The predicted molar refractivity (Wildman–Crippen MR) is 52.7 cm³/mol. The first-order valence-corrected chi connectivity index (χ1v) is 6.09. The molecular formula is C10H15BrO2. The van der Waals surface area contributed by atoms with Gasteiger partial charge in [-0.2, -0.15) is 0 Å². The molecule has 3 fully saturated rings. The normalized spacial score (nSPS) is 58.6. The summed E-state index contributed by atoms with van der Waals surface area (Å²) < 4.78 is 5.79. The second-order valence-corrected chi connectivity index (χ2v) is 5.91.